The molecule has 2 aliphatic carbocycles. The molecule has 2 bridgehead atoms. The van der Waals surface area contributed by atoms with Gasteiger partial charge in [-0.1, -0.05) is 20.3 Å². The fourth-order valence-corrected chi connectivity index (χ4v) is 7.43. The van der Waals surface area contributed by atoms with Gasteiger partial charge in [0.15, 0.2) is 0 Å². The van der Waals surface area contributed by atoms with Crippen LogP contribution in [0.2, 0.25) is 0 Å². The Kier molecular flexibility index (Phi) is 7.12. The molecule has 32 heavy (non-hydrogen) atoms. The van der Waals surface area contributed by atoms with E-state index in [1.807, 2.05) is 13.8 Å². The third-order valence-electron chi connectivity index (χ3n) is 7.70. The first-order valence-electron chi connectivity index (χ1n) is 12.1. The molecule has 1 N–H and O–H groups in total. The molecule has 2 saturated carbocycles. The molecule has 1 aromatic carbocycles. The quantitative estimate of drug-likeness (QED) is 0.641. The molecule has 1 aromatic rings. The van der Waals surface area contributed by atoms with Crippen molar-refractivity contribution in [1.82, 2.24) is 9.62 Å². The van der Waals surface area contributed by atoms with Gasteiger partial charge in [-0.3, -0.25) is 4.79 Å². The summed E-state index contributed by atoms with van der Waals surface area (Å²) in [5.74, 6) is 1.87. The summed E-state index contributed by atoms with van der Waals surface area (Å²) in [6.07, 6.45) is 5.08. The van der Waals surface area contributed by atoms with Gasteiger partial charge in [0.25, 0.3) is 5.91 Å². The molecule has 7 nitrogen and oxygen atoms in total. The third kappa shape index (κ3) is 4.54. The van der Waals surface area contributed by atoms with Gasteiger partial charge in [0, 0.05) is 37.9 Å². The highest BCUT2D eigenvalue weighted by Crippen LogP contribution is 2.49. The highest BCUT2D eigenvalue weighted by molar-refractivity contribution is 7.89. The average molecular weight is 464 g/mol. The standard InChI is InChI=1S/C24H37N3O4S/c1-4-27(5-2)32(29,30)20-8-9-23(26-10-12-31-13-11-26)22(16-20)24(28)25-17(3)21-15-18-6-7-19(21)14-18/h8-9,16-19,21H,4-7,10-15H2,1-3H3,(H,25,28)/t17-,18+,19+,21+/m1/s1. The number of rotatable bonds is 8. The number of nitrogens with one attached hydrogen (secondary N) is 1. The number of amides is 1. The van der Waals surface area contributed by atoms with E-state index in [0.29, 0.717) is 56.8 Å². The van der Waals surface area contributed by atoms with Crippen LogP contribution in [-0.2, 0) is 14.8 Å². The number of ether oxygens (including phenoxy) is 1. The van der Waals surface area contributed by atoms with Gasteiger partial charge in [-0.2, -0.15) is 4.31 Å². The van der Waals surface area contributed by atoms with Crippen LogP contribution in [0.4, 0.5) is 5.69 Å². The number of hydrogen-bond acceptors (Lipinski definition) is 5. The average Bonchev–Trinajstić information content (AvgIpc) is 3.44. The van der Waals surface area contributed by atoms with E-state index in [-0.39, 0.29) is 16.8 Å². The number of sulfonamides is 1. The van der Waals surface area contributed by atoms with Crippen LogP contribution in [0.3, 0.4) is 0 Å². The molecular formula is C24H37N3O4S. The lowest BCUT2D eigenvalue weighted by Gasteiger charge is -2.32. The Morgan fingerprint density at radius 1 is 1.19 bits per heavy atom. The van der Waals surface area contributed by atoms with Crippen LogP contribution >= 0.6 is 0 Å². The Hall–Kier alpha value is -1.64. The van der Waals surface area contributed by atoms with Crippen molar-refractivity contribution in [3.05, 3.63) is 23.8 Å². The summed E-state index contributed by atoms with van der Waals surface area (Å²) in [6, 6.07) is 5.08. The molecule has 178 valence electrons. The van der Waals surface area contributed by atoms with Crippen LogP contribution in [-0.4, -0.2) is 64.1 Å². The monoisotopic (exact) mass is 463 g/mol. The van der Waals surface area contributed by atoms with Crippen molar-refractivity contribution in [2.24, 2.45) is 17.8 Å². The lowest BCUT2D eigenvalue weighted by molar-refractivity contribution is 0.0914. The van der Waals surface area contributed by atoms with Crippen LogP contribution in [0.25, 0.3) is 0 Å². The van der Waals surface area contributed by atoms with Crippen molar-refractivity contribution < 1.29 is 17.9 Å². The normalized spacial score (nSPS) is 26.5. The highest BCUT2D eigenvalue weighted by atomic mass is 32.2. The summed E-state index contributed by atoms with van der Waals surface area (Å²) in [7, 11) is -3.65. The maximum atomic E-state index is 13.5. The van der Waals surface area contributed by atoms with E-state index in [1.165, 1.54) is 30.0 Å². The smallest absolute Gasteiger partial charge is 0.253 e. The van der Waals surface area contributed by atoms with Crippen LogP contribution < -0.4 is 10.2 Å². The topological polar surface area (TPSA) is 79.0 Å². The molecule has 1 heterocycles. The third-order valence-corrected chi connectivity index (χ3v) is 9.75. The van der Waals surface area contributed by atoms with E-state index in [4.69, 9.17) is 4.74 Å². The number of carbonyl (C=O) groups excluding carboxylic acids is 1. The fraction of sp³-hybridized carbons (Fsp3) is 0.708. The van der Waals surface area contributed by atoms with Crippen molar-refractivity contribution in [1.29, 1.82) is 0 Å². The van der Waals surface area contributed by atoms with Gasteiger partial charge >= 0.3 is 0 Å². The van der Waals surface area contributed by atoms with E-state index in [0.717, 1.165) is 11.6 Å². The van der Waals surface area contributed by atoms with Crippen LogP contribution in [0, 0.1) is 17.8 Å². The molecular weight excluding hydrogens is 426 g/mol. The van der Waals surface area contributed by atoms with Gasteiger partial charge in [0.05, 0.1) is 23.7 Å². The number of nitrogens with zero attached hydrogens (tertiary/aromatic N) is 2. The molecule has 8 heteroatoms. The second-order valence-electron chi connectivity index (χ2n) is 9.47. The van der Waals surface area contributed by atoms with Gasteiger partial charge < -0.3 is 15.0 Å². The highest BCUT2D eigenvalue weighted by Gasteiger charge is 2.42. The Bertz CT molecular complexity index is 925. The molecule has 1 saturated heterocycles. The molecule has 0 unspecified atom stereocenters. The minimum Gasteiger partial charge on any atom is -0.378 e. The van der Waals surface area contributed by atoms with Crippen LogP contribution in [0.1, 0.15) is 56.8 Å². The Morgan fingerprint density at radius 3 is 2.50 bits per heavy atom. The maximum absolute atomic E-state index is 13.5. The van der Waals surface area contributed by atoms with Crippen molar-refractivity contribution in [2.75, 3.05) is 44.3 Å². The molecule has 3 aliphatic rings. The number of carbonyl (C=O) groups is 1. The molecule has 0 spiro atoms. The van der Waals surface area contributed by atoms with E-state index in [9.17, 15) is 13.2 Å². The van der Waals surface area contributed by atoms with Gasteiger partial charge in [-0.15, -0.1) is 0 Å². The second kappa shape index (κ2) is 9.69. The van der Waals surface area contributed by atoms with Crippen LogP contribution in [0.5, 0.6) is 0 Å². The van der Waals surface area contributed by atoms with E-state index >= 15 is 0 Å². The first-order valence-corrected chi connectivity index (χ1v) is 13.6. The first kappa shape index (κ1) is 23.5. The van der Waals surface area contributed by atoms with Crippen molar-refractivity contribution >= 4 is 21.6 Å². The van der Waals surface area contributed by atoms with E-state index in [2.05, 4.69) is 17.1 Å². The van der Waals surface area contributed by atoms with Gasteiger partial charge in [0.2, 0.25) is 10.0 Å². The Morgan fingerprint density at radius 2 is 1.91 bits per heavy atom. The molecule has 0 aromatic heterocycles. The minimum atomic E-state index is -3.65. The molecule has 3 fully saturated rings. The van der Waals surface area contributed by atoms with E-state index < -0.39 is 10.0 Å². The molecule has 4 rings (SSSR count). The number of benzene rings is 1. The van der Waals surface area contributed by atoms with Crippen LogP contribution in [0.15, 0.2) is 23.1 Å². The van der Waals surface area contributed by atoms with E-state index in [1.54, 1.807) is 18.2 Å². The summed E-state index contributed by atoms with van der Waals surface area (Å²) >= 11 is 0. The number of morpholine rings is 1. The number of fused-ring (bicyclic) bond motifs is 2. The Balaban J connectivity index is 1.63. The summed E-state index contributed by atoms with van der Waals surface area (Å²) < 4.78 is 33.2. The molecule has 1 amide bonds. The zero-order chi connectivity index (χ0) is 22.9. The molecule has 4 atom stereocenters. The predicted octanol–water partition coefficient (Wildman–Crippen LogP) is 3.11. The number of hydrogen-bond donors (Lipinski definition) is 1. The summed E-state index contributed by atoms with van der Waals surface area (Å²) in [5, 5.41) is 3.23. The lowest BCUT2D eigenvalue weighted by atomic mass is 9.84. The van der Waals surface area contributed by atoms with Gasteiger partial charge in [-0.25, -0.2) is 8.42 Å². The van der Waals surface area contributed by atoms with Gasteiger partial charge in [-0.05, 0) is 62.1 Å². The summed E-state index contributed by atoms with van der Waals surface area (Å²) in [5.41, 5.74) is 1.22. The predicted molar refractivity (Wildman–Crippen MR) is 125 cm³/mol. The van der Waals surface area contributed by atoms with Crippen molar-refractivity contribution in [2.45, 2.75) is 57.4 Å². The van der Waals surface area contributed by atoms with Crippen molar-refractivity contribution in [3.8, 4) is 0 Å². The fourth-order valence-electron chi connectivity index (χ4n) is 5.95. The van der Waals surface area contributed by atoms with Gasteiger partial charge in [0.1, 0.15) is 0 Å². The number of anilines is 1. The summed E-state index contributed by atoms with van der Waals surface area (Å²) in [6.45, 7) is 9.12. The van der Waals surface area contributed by atoms with Crippen molar-refractivity contribution in [3.63, 3.8) is 0 Å². The Labute approximate surface area is 192 Å². The maximum Gasteiger partial charge on any atom is 0.253 e. The molecule has 0 radical (unpaired) electrons. The first-order chi connectivity index (χ1) is 15.3. The minimum absolute atomic E-state index is 0.0818. The second-order valence-corrected chi connectivity index (χ2v) is 11.4. The summed E-state index contributed by atoms with van der Waals surface area (Å²) in [4.78, 5) is 15.8. The largest absolute Gasteiger partial charge is 0.378 e. The molecule has 1 aliphatic heterocycles. The zero-order valence-corrected chi connectivity index (χ0v) is 20.4. The zero-order valence-electron chi connectivity index (χ0n) is 19.5. The lowest BCUT2D eigenvalue weighted by Crippen LogP contribution is -2.42. The SMILES string of the molecule is CCN(CC)S(=O)(=O)c1ccc(N2CCOCC2)c(C(=O)N[C@H](C)[C@@H]2C[C@H]3CC[C@H]2C3)c1.